The fourth-order valence-electron chi connectivity index (χ4n) is 3.27. The van der Waals surface area contributed by atoms with Crippen molar-refractivity contribution in [3.8, 4) is 0 Å². The first kappa shape index (κ1) is 50.0. The Morgan fingerprint density at radius 2 is 0.935 bits per heavy atom. The largest absolute Gasteiger partial charge is 0.466 e. The van der Waals surface area contributed by atoms with Gasteiger partial charge in [0.25, 0.3) is 0 Å². The Morgan fingerprint density at radius 3 is 1.15 bits per heavy atom. The Kier molecular flexibility index (Phi) is 43.6. The molecule has 0 rings (SSSR count). The minimum Gasteiger partial charge on any atom is -0.466 e. The molecule has 0 aliphatic heterocycles. The van der Waals surface area contributed by atoms with Gasteiger partial charge in [0.15, 0.2) is 0 Å². The molecule has 0 saturated heterocycles. The number of aliphatic hydroxyl groups is 1. The molecule has 0 saturated carbocycles. The Labute approximate surface area is 277 Å². The highest BCUT2D eigenvalue weighted by atomic mass is 16.5. The lowest BCUT2D eigenvalue weighted by Gasteiger charge is -2.25. The molecular formula is C32H64N4O10. The summed E-state index contributed by atoms with van der Waals surface area (Å²) < 4.78 is 19.4. The van der Waals surface area contributed by atoms with Gasteiger partial charge in [0.05, 0.1) is 45.7 Å². The van der Waals surface area contributed by atoms with E-state index in [0.29, 0.717) is 72.1 Å². The van der Waals surface area contributed by atoms with Crippen LogP contribution in [0.15, 0.2) is 12.7 Å². The number of ketones is 1. The summed E-state index contributed by atoms with van der Waals surface area (Å²) in [5, 5.41) is 7.57. The van der Waals surface area contributed by atoms with Gasteiger partial charge in [-0.05, 0) is 80.6 Å². The van der Waals surface area contributed by atoms with E-state index in [1.54, 1.807) is 41.5 Å². The number of nitrogens with two attached hydrogens (primary N) is 2. The normalized spacial score (nSPS) is 9.80. The first-order chi connectivity index (χ1) is 22.0. The van der Waals surface area contributed by atoms with Crippen LogP contribution in [0.3, 0.4) is 0 Å². The van der Waals surface area contributed by atoms with Crippen molar-refractivity contribution in [1.82, 2.24) is 9.80 Å². The summed E-state index contributed by atoms with van der Waals surface area (Å²) in [6.07, 6.45) is 4.08. The molecule has 0 aromatic heterocycles. The van der Waals surface area contributed by atoms with Gasteiger partial charge in [0, 0.05) is 45.3 Å². The van der Waals surface area contributed by atoms with Crippen molar-refractivity contribution in [1.29, 1.82) is 0 Å². The fraction of sp³-hybridized carbons (Fsp3) is 0.781. The summed E-state index contributed by atoms with van der Waals surface area (Å²) in [5.74, 6) is -1.03. The fourth-order valence-corrected chi connectivity index (χ4v) is 3.27. The summed E-state index contributed by atoms with van der Waals surface area (Å²) in [6, 6.07) is 0. The van der Waals surface area contributed by atoms with Crippen molar-refractivity contribution in [3.63, 3.8) is 0 Å². The van der Waals surface area contributed by atoms with Crippen LogP contribution in [-0.2, 0) is 42.9 Å². The van der Waals surface area contributed by atoms with Crippen molar-refractivity contribution in [2.75, 3.05) is 85.4 Å². The van der Waals surface area contributed by atoms with Crippen molar-refractivity contribution in [2.24, 2.45) is 11.5 Å². The predicted octanol–water partition coefficient (Wildman–Crippen LogP) is 1.85. The van der Waals surface area contributed by atoms with Crippen LogP contribution < -0.4 is 11.5 Å². The zero-order chi connectivity index (χ0) is 36.0. The zero-order valence-corrected chi connectivity index (χ0v) is 29.4. The van der Waals surface area contributed by atoms with Gasteiger partial charge in [0.1, 0.15) is 5.78 Å². The van der Waals surface area contributed by atoms with E-state index in [1.165, 1.54) is 0 Å². The van der Waals surface area contributed by atoms with E-state index in [0.717, 1.165) is 32.0 Å². The predicted molar refractivity (Wildman–Crippen MR) is 179 cm³/mol. The molecule has 14 nitrogen and oxygen atoms in total. The molecule has 0 bridgehead atoms. The molecule has 0 amide bonds. The second kappa shape index (κ2) is 40.1. The Bertz CT molecular complexity index is 745. The van der Waals surface area contributed by atoms with Crippen LogP contribution >= 0.6 is 0 Å². The number of Topliss-reactive ketones (excluding diaryl/α,β-unsaturated/α-hetero) is 1. The number of aliphatic hydroxyl groups excluding tert-OH is 1. The highest BCUT2D eigenvalue weighted by molar-refractivity contribution is 5.81. The van der Waals surface area contributed by atoms with E-state index in [9.17, 15) is 24.0 Å². The average molecular weight is 665 g/mol. The Hall–Kier alpha value is -2.91. The number of hydrogen-bond acceptors (Lipinski definition) is 14. The highest BCUT2D eigenvalue weighted by Gasteiger charge is 2.14. The molecular weight excluding hydrogens is 600 g/mol. The molecule has 0 aromatic rings. The van der Waals surface area contributed by atoms with E-state index in [1.807, 2.05) is 4.90 Å². The molecule has 0 atom stereocenters. The third-order valence-corrected chi connectivity index (χ3v) is 5.40. The Morgan fingerprint density at radius 1 is 0.609 bits per heavy atom. The van der Waals surface area contributed by atoms with Crippen molar-refractivity contribution in [2.45, 2.75) is 80.1 Å². The topological polar surface area (TPSA) is 201 Å². The van der Waals surface area contributed by atoms with Crippen LogP contribution in [0, 0.1) is 0 Å². The number of carbonyl (C=O) groups is 5. The maximum atomic E-state index is 11.7. The number of ether oxygens (including phenoxy) is 4. The van der Waals surface area contributed by atoms with Crippen LogP contribution in [0.25, 0.3) is 0 Å². The standard InChI is InChI=1S/C22H40N2O7.C5H8O2.C3H10N2.C2H6O/c1-5-29-20(26)10-16-23(15-9-19(4)25)13-8-14-24(17-11-21(27)30-6-2)18-12-22(28)31-7-3;1-3-5(6)7-4-2;4-2-1-3-5;1-2-3/h5-18H2,1-4H3;3H,1,4H2,2H3;1-5H2;3H,2H2,1H3. The minimum atomic E-state index is -0.359. The number of esters is 4. The molecule has 0 aliphatic carbocycles. The second-order valence-corrected chi connectivity index (χ2v) is 9.36. The molecule has 14 heteroatoms. The molecule has 0 aromatic carbocycles. The van der Waals surface area contributed by atoms with Gasteiger partial charge in [-0.25, -0.2) is 4.79 Å². The third kappa shape index (κ3) is 43.2. The first-order valence-electron chi connectivity index (χ1n) is 16.2. The number of nitrogens with zero attached hydrogens (tertiary/aromatic N) is 2. The van der Waals surface area contributed by atoms with Gasteiger partial charge in [-0.1, -0.05) is 6.58 Å². The lowest BCUT2D eigenvalue weighted by Crippen LogP contribution is -2.35. The lowest BCUT2D eigenvalue weighted by atomic mass is 10.2. The van der Waals surface area contributed by atoms with E-state index in [4.69, 9.17) is 30.8 Å². The van der Waals surface area contributed by atoms with Crippen molar-refractivity contribution in [3.05, 3.63) is 12.7 Å². The molecule has 0 radical (unpaired) electrons. The maximum absolute atomic E-state index is 11.7. The maximum Gasteiger partial charge on any atom is 0.330 e. The average Bonchev–Trinajstić information content (AvgIpc) is 3.01. The SMILES string of the molecule is C=CC(=O)OCC.CCO.CCOC(=O)CCN(CCCN(CCC(=O)OCC)CCC(=O)OCC)CCC(C)=O.NCCCN. The quantitative estimate of drug-likeness (QED) is 0.0811. The molecule has 5 N–H and O–H groups in total. The van der Waals surface area contributed by atoms with Gasteiger partial charge in [-0.15, -0.1) is 0 Å². The number of rotatable bonds is 23. The zero-order valence-electron chi connectivity index (χ0n) is 29.4. The van der Waals surface area contributed by atoms with Gasteiger partial charge in [-0.2, -0.15) is 0 Å². The molecule has 0 unspecified atom stereocenters. The summed E-state index contributed by atoms with van der Waals surface area (Å²) in [5.41, 5.74) is 10.1. The monoisotopic (exact) mass is 664 g/mol. The van der Waals surface area contributed by atoms with Crippen molar-refractivity contribution >= 4 is 29.7 Å². The van der Waals surface area contributed by atoms with Crippen LogP contribution in [-0.4, -0.2) is 130 Å². The Balaban J connectivity index is -0.000000483. The second-order valence-electron chi connectivity index (χ2n) is 9.36. The molecule has 0 fully saturated rings. The number of carbonyl (C=O) groups excluding carboxylic acids is 5. The molecule has 0 spiro atoms. The van der Waals surface area contributed by atoms with Crippen LogP contribution in [0.1, 0.15) is 80.1 Å². The van der Waals surface area contributed by atoms with Gasteiger partial charge >= 0.3 is 23.9 Å². The lowest BCUT2D eigenvalue weighted by molar-refractivity contribution is -0.144. The molecule has 0 heterocycles. The molecule has 272 valence electrons. The van der Waals surface area contributed by atoms with E-state index >= 15 is 0 Å². The summed E-state index contributed by atoms with van der Waals surface area (Å²) >= 11 is 0. The number of hydrogen-bond donors (Lipinski definition) is 3. The van der Waals surface area contributed by atoms with Gasteiger partial charge in [-0.3, -0.25) is 19.2 Å². The van der Waals surface area contributed by atoms with Gasteiger partial charge in [0.2, 0.25) is 0 Å². The summed E-state index contributed by atoms with van der Waals surface area (Å²) in [7, 11) is 0. The van der Waals surface area contributed by atoms with Crippen LogP contribution in [0.2, 0.25) is 0 Å². The summed E-state index contributed by atoms with van der Waals surface area (Å²) in [4.78, 5) is 60.6. The highest BCUT2D eigenvalue weighted by Crippen LogP contribution is 2.04. The van der Waals surface area contributed by atoms with Crippen LogP contribution in [0.5, 0.6) is 0 Å². The smallest absolute Gasteiger partial charge is 0.330 e. The van der Waals surface area contributed by atoms with E-state index in [2.05, 4.69) is 16.2 Å². The third-order valence-electron chi connectivity index (χ3n) is 5.40. The van der Waals surface area contributed by atoms with Gasteiger partial charge < -0.3 is 45.3 Å². The molecule has 0 aliphatic rings. The summed E-state index contributed by atoms with van der Waals surface area (Å²) in [6.45, 7) is 20.1. The molecule has 46 heavy (non-hydrogen) atoms. The van der Waals surface area contributed by atoms with Crippen molar-refractivity contribution < 1.29 is 48.0 Å². The van der Waals surface area contributed by atoms with Crippen LogP contribution in [0.4, 0.5) is 0 Å². The first-order valence-corrected chi connectivity index (χ1v) is 16.2. The minimum absolute atomic E-state index is 0.103. The van der Waals surface area contributed by atoms with E-state index in [-0.39, 0.29) is 55.5 Å². The van der Waals surface area contributed by atoms with E-state index < -0.39 is 0 Å².